The molecule has 0 amide bonds. The Labute approximate surface area is 120 Å². The number of hydrazine groups is 1. The summed E-state index contributed by atoms with van der Waals surface area (Å²) >= 11 is 3.13. The summed E-state index contributed by atoms with van der Waals surface area (Å²) in [5, 5.41) is 10.9. The van der Waals surface area contributed by atoms with E-state index in [2.05, 4.69) is 31.3 Å². The van der Waals surface area contributed by atoms with E-state index in [1.165, 1.54) is 6.20 Å². The molecule has 0 saturated heterocycles. The van der Waals surface area contributed by atoms with Crippen LogP contribution in [-0.2, 0) is 0 Å². The van der Waals surface area contributed by atoms with Gasteiger partial charge in [-0.25, -0.2) is 15.2 Å². The molecule has 2 aromatic rings. The molecule has 0 radical (unpaired) electrons. The van der Waals surface area contributed by atoms with Gasteiger partial charge in [0.05, 0.1) is 21.7 Å². The van der Waals surface area contributed by atoms with Gasteiger partial charge in [0.2, 0.25) is 17.6 Å². The first-order chi connectivity index (χ1) is 9.51. The monoisotopic (exact) mass is 343 g/mol. The number of nitro groups is 1. The number of hydrogen-bond donors (Lipinski definition) is 2. The molecule has 0 bridgehead atoms. The van der Waals surface area contributed by atoms with Crippen molar-refractivity contribution in [2.75, 3.05) is 5.43 Å². The van der Waals surface area contributed by atoms with Gasteiger partial charge in [-0.05, 0) is 28.1 Å². The first kappa shape index (κ1) is 14.1. The van der Waals surface area contributed by atoms with E-state index < -0.39 is 16.4 Å². The predicted octanol–water partition coefficient (Wildman–Crippen LogP) is 2.36. The second kappa shape index (κ2) is 5.75. The summed E-state index contributed by atoms with van der Waals surface area (Å²) in [6.45, 7) is 0. The normalized spacial score (nSPS) is 10.2. The summed E-state index contributed by atoms with van der Waals surface area (Å²) in [5.74, 6) is 4.33. The number of anilines is 1. The molecular formula is C10H7BrFN5O3. The Morgan fingerprint density at radius 1 is 1.50 bits per heavy atom. The van der Waals surface area contributed by atoms with Crippen LogP contribution < -0.4 is 16.0 Å². The number of aromatic nitrogens is 2. The van der Waals surface area contributed by atoms with E-state index in [1.807, 2.05) is 0 Å². The molecule has 1 heterocycles. The number of nitrogen functional groups attached to an aromatic ring is 1. The first-order valence-corrected chi connectivity index (χ1v) is 5.91. The summed E-state index contributed by atoms with van der Waals surface area (Å²) in [4.78, 5) is 17.8. The van der Waals surface area contributed by atoms with E-state index in [0.29, 0.717) is 4.47 Å². The van der Waals surface area contributed by atoms with Gasteiger partial charge in [-0.3, -0.25) is 15.5 Å². The zero-order chi connectivity index (χ0) is 14.7. The molecule has 1 aromatic carbocycles. The van der Waals surface area contributed by atoms with E-state index in [4.69, 9.17) is 10.6 Å². The Hall–Kier alpha value is -2.33. The lowest BCUT2D eigenvalue weighted by molar-refractivity contribution is -0.385. The first-order valence-electron chi connectivity index (χ1n) is 5.12. The number of ether oxygens (including phenoxy) is 1. The zero-order valence-electron chi connectivity index (χ0n) is 9.71. The molecule has 20 heavy (non-hydrogen) atoms. The van der Waals surface area contributed by atoms with Crippen molar-refractivity contribution in [1.82, 2.24) is 9.97 Å². The zero-order valence-corrected chi connectivity index (χ0v) is 11.3. The Morgan fingerprint density at radius 2 is 2.25 bits per heavy atom. The number of rotatable bonds is 4. The lowest BCUT2D eigenvalue weighted by Gasteiger charge is -2.08. The summed E-state index contributed by atoms with van der Waals surface area (Å²) in [5.41, 5.74) is 1.69. The number of benzene rings is 1. The van der Waals surface area contributed by atoms with E-state index in [9.17, 15) is 14.5 Å². The molecule has 0 aliphatic heterocycles. The van der Waals surface area contributed by atoms with Crippen molar-refractivity contribution in [1.29, 1.82) is 0 Å². The van der Waals surface area contributed by atoms with Crippen molar-refractivity contribution in [2.45, 2.75) is 0 Å². The third-order valence-corrected chi connectivity index (χ3v) is 2.71. The predicted molar refractivity (Wildman–Crippen MR) is 70.7 cm³/mol. The Bertz CT molecular complexity index is 669. The molecule has 0 atom stereocenters. The van der Waals surface area contributed by atoms with Gasteiger partial charge in [0.15, 0.2) is 0 Å². The smallest absolute Gasteiger partial charge is 0.314 e. The lowest BCUT2D eigenvalue weighted by Crippen LogP contribution is -2.10. The van der Waals surface area contributed by atoms with Gasteiger partial charge in [-0.2, -0.15) is 4.98 Å². The molecule has 0 aliphatic rings. The van der Waals surface area contributed by atoms with Crippen LogP contribution in [0, 0.1) is 15.9 Å². The van der Waals surface area contributed by atoms with E-state index in [-0.39, 0.29) is 17.6 Å². The number of nitrogens with two attached hydrogens (primary N) is 1. The minimum Gasteiger partial charge on any atom is -0.430 e. The molecule has 104 valence electrons. The summed E-state index contributed by atoms with van der Waals surface area (Å²) < 4.78 is 18.7. The highest BCUT2D eigenvalue weighted by Crippen LogP contribution is 2.34. The fraction of sp³-hybridized carbons (Fsp3) is 0. The summed E-state index contributed by atoms with van der Waals surface area (Å²) in [6.07, 6.45) is 1.35. The van der Waals surface area contributed by atoms with Gasteiger partial charge in [-0.1, -0.05) is 0 Å². The van der Waals surface area contributed by atoms with Crippen molar-refractivity contribution in [2.24, 2.45) is 5.84 Å². The Morgan fingerprint density at radius 3 is 2.90 bits per heavy atom. The van der Waals surface area contributed by atoms with Gasteiger partial charge in [-0.15, -0.1) is 0 Å². The minimum atomic E-state index is -0.754. The third kappa shape index (κ3) is 2.97. The van der Waals surface area contributed by atoms with Gasteiger partial charge in [0, 0.05) is 0 Å². The van der Waals surface area contributed by atoms with Crippen LogP contribution in [-0.4, -0.2) is 14.9 Å². The van der Waals surface area contributed by atoms with E-state index >= 15 is 0 Å². The number of nitrogens with one attached hydrogen (secondary N) is 1. The number of nitrogens with zero attached hydrogens (tertiary/aromatic N) is 3. The largest absolute Gasteiger partial charge is 0.430 e. The highest BCUT2D eigenvalue weighted by Gasteiger charge is 2.19. The van der Waals surface area contributed by atoms with Gasteiger partial charge in [0.25, 0.3) is 0 Å². The van der Waals surface area contributed by atoms with Crippen LogP contribution in [0.2, 0.25) is 0 Å². The minimum absolute atomic E-state index is 0.00246. The second-order valence-electron chi connectivity index (χ2n) is 3.46. The highest BCUT2D eigenvalue weighted by atomic mass is 79.9. The highest BCUT2D eigenvalue weighted by molar-refractivity contribution is 9.10. The number of halogens is 2. The SMILES string of the molecule is NNc1ncc(Br)c(Oc2ccc(F)cc2[N+](=O)[O-])n1. The van der Waals surface area contributed by atoms with Crippen LogP contribution in [0.1, 0.15) is 0 Å². The molecule has 3 N–H and O–H groups in total. The molecule has 0 spiro atoms. The van der Waals surface area contributed by atoms with Crippen LogP contribution in [0.3, 0.4) is 0 Å². The molecule has 0 fully saturated rings. The quantitative estimate of drug-likeness (QED) is 0.497. The van der Waals surface area contributed by atoms with Crippen molar-refractivity contribution < 1.29 is 14.1 Å². The average molecular weight is 344 g/mol. The number of hydrogen-bond acceptors (Lipinski definition) is 7. The molecule has 0 aliphatic carbocycles. The molecule has 2 rings (SSSR count). The number of nitro benzene ring substituents is 1. The van der Waals surface area contributed by atoms with Gasteiger partial charge < -0.3 is 4.74 Å². The molecule has 1 aromatic heterocycles. The Kier molecular flexibility index (Phi) is 4.05. The Balaban J connectivity index is 2.42. The van der Waals surface area contributed by atoms with Crippen LogP contribution >= 0.6 is 15.9 Å². The van der Waals surface area contributed by atoms with E-state index in [1.54, 1.807) is 0 Å². The summed E-state index contributed by atoms with van der Waals surface area (Å²) in [7, 11) is 0. The maximum absolute atomic E-state index is 13.0. The lowest BCUT2D eigenvalue weighted by atomic mass is 10.3. The fourth-order valence-corrected chi connectivity index (χ4v) is 1.59. The average Bonchev–Trinajstić information content (AvgIpc) is 2.42. The maximum atomic E-state index is 13.0. The van der Waals surface area contributed by atoms with Crippen LogP contribution in [0.5, 0.6) is 11.6 Å². The van der Waals surface area contributed by atoms with Crippen LogP contribution in [0.25, 0.3) is 0 Å². The standard InChI is InChI=1S/C10H7BrFN5O3/c11-6-4-14-10(16-13)15-9(6)20-8-2-1-5(12)3-7(8)17(18)19/h1-4H,13H2,(H,14,15,16). The molecule has 0 saturated carbocycles. The third-order valence-electron chi connectivity index (χ3n) is 2.17. The van der Waals surface area contributed by atoms with Gasteiger partial charge in [0.1, 0.15) is 5.82 Å². The molecular weight excluding hydrogens is 337 g/mol. The molecule has 0 unspecified atom stereocenters. The summed E-state index contributed by atoms with van der Waals surface area (Å²) in [6, 6.07) is 2.93. The van der Waals surface area contributed by atoms with Crippen molar-refractivity contribution in [3.05, 3.63) is 44.8 Å². The van der Waals surface area contributed by atoms with Crippen molar-refractivity contribution >= 4 is 27.6 Å². The topological polar surface area (TPSA) is 116 Å². The van der Waals surface area contributed by atoms with Gasteiger partial charge >= 0.3 is 5.69 Å². The second-order valence-corrected chi connectivity index (χ2v) is 4.32. The van der Waals surface area contributed by atoms with Crippen LogP contribution in [0.15, 0.2) is 28.9 Å². The maximum Gasteiger partial charge on any atom is 0.314 e. The van der Waals surface area contributed by atoms with Crippen LogP contribution in [0.4, 0.5) is 16.0 Å². The van der Waals surface area contributed by atoms with Crippen molar-refractivity contribution in [3.8, 4) is 11.6 Å². The van der Waals surface area contributed by atoms with Crippen molar-refractivity contribution in [3.63, 3.8) is 0 Å². The molecule has 8 nitrogen and oxygen atoms in total. The van der Waals surface area contributed by atoms with E-state index in [0.717, 1.165) is 18.2 Å². The molecule has 10 heteroatoms. The fourth-order valence-electron chi connectivity index (χ4n) is 1.32.